The lowest BCUT2D eigenvalue weighted by Crippen LogP contribution is -2.21. The fourth-order valence-corrected chi connectivity index (χ4v) is 0.879. The highest BCUT2D eigenvalue weighted by Gasteiger charge is 2.19. The molecule has 0 saturated carbocycles. The molecule has 0 heterocycles. The summed E-state index contributed by atoms with van der Waals surface area (Å²) in [5, 5.41) is 0. The normalized spacial score (nSPS) is 11.1. The number of ether oxygens (including phenoxy) is 2. The number of ketones is 1. The van der Waals surface area contributed by atoms with Crippen molar-refractivity contribution < 1.29 is 19.1 Å². The van der Waals surface area contributed by atoms with Crippen molar-refractivity contribution in [1.29, 1.82) is 0 Å². The Balaban J connectivity index is 4.64. The molecule has 0 aliphatic carbocycles. The van der Waals surface area contributed by atoms with Gasteiger partial charge in [0.1, 0.15) is 12.2 Å². The summed E-state index contributed by atoms with van der Waals surface area (Å²) < 4.78 is 9.44. The predicted molar refractivity (Wildman–Crippen MR) is 55.3 cm³/mol. The molecule has 15 heavy (non-hydrogen) atoms. The zero-order chi connectivity index (χ0) is 11.8. The number of Topliss-reactive ketones (excluding diaryl/α,β-unsaturated/α-hetero) is 1. The maximum atomic E-state index is 11.5. The summed E-state index contributed by atoms with van der Waals surface area (Å²) in [6.45, 7) is 2.11. The van der Waals surface area contributed by atoms with Crippen molar-refractivity contribution >= 4 is 11.8 Å². The van der Waals surface area contributed by atoms with Gasteiger partial charge in [0.25, 0.3) is 0 Å². The molecule has 0 rings (SSSR count). The first-order valence-electron chi connectivity index (χ1n) is 4.60. The molecule has 0 aliphatic rings. The van der Waals surface area contributed by atoms with Crippen LogP contribution in [0.25, 0.3) is 0 Å². The van der Waals surface area contributed by atoms with Crippen LogP contribution in [0.15, 0.2) is 11.8 Å². The van der Waals surface area contributed by atoms with Gasteiger partial charge in [0.15, 0.2) is 5.78 Å². The molecule has 0 atom stereocenters. The van der Waals surface area contributed by atoms with Crippen molar-refractivity contribution in [2.24, 2.45) is 0 Å². The Kier molecular flexibility index (Phi) is 6.37. The number of methoxy groups -OCH3 is 1. The second kappa shape index (κ2) is 7.00. The van der Waals surface area contributed by atoms with Crippen LogP contribution in [0, 0.1) is 0 Å². The second-order valence-corrected chi connectivity index (χ2v) is 3.06. The molecule has 0 bridgehead atoms. The third-order valence-electron chi connectivity index (χ3n) is 1.53. The Bertz CT molecular complexity index is 258. The molecular weight excluding hydrogens is 198 g/mol. The van der Waals surface area contributed by atoms with Gasteiger partial charge in [-0.15, -0.1) is 0 Å². The lowest BCUT2D eigenvalue weighted by atomic mass is 10.2. The number of rotatable bonds is 6. The lowest BCUT2D eigenvalue weighted by Gasteiger charge is -2.09. The van der Waals surface area contributed by atoms with Crippen molar-refractivity contribution in [2.75, 3.05) is 34.4 Å². The van der Waals surface area contributed by atoms with Gasteiger partial charge in [-0.25, -0.2) is 4.79 Å². The fraction of sp³-hybridized carbons (Fsp3) is 0.600. The van der Waals surface area contributed by atoms with Gasteiger partial charge in [-0.05, 0) is 6.92 Å². The molecule has 5 heteroatoms. The van der Waals surface area contributed by atoms with Gasteiger partial charge in [-0.3, -0.25) is 4.79 Å². The number of esters is 1. The van der Waals surface area contributed by atoms with Crippen LogP contribution < -0.4 is 0 Å². The Hall–Kier alpha value is -1.36. The average Bonchev–Trinajstić information content (AvgIpc) is 2.21. The van der Waals surface area contributed by atoms with Crippen LogP contribution in [-0.4, -0.2) is 51.1 Å². The second-order valence-electron chi connectivity index (χ2n) is 3.06. The van der Waals surface area contributed by atoms with Crippen molar-refractivity contribution in [3.8, 4) is 0 Å². The van der Waals surface area contributed by atoms with E-state index in [0.29, 0.717) is 6.61 Å². The van der Waals surface area contributed by atoms with E-state index in [9.17, 15) is 9.59 Å². The number of hydrogen-bond donors (Lipinski definition) is 0. The molecule has 0 radical (unpaired) electrons. The molecule has 5 nitrogen and oxygen atoms in total. The van der Waals surface area contributed by atoms with Gasteiger partial charge in [0.05, 0.1) is 7.11 Å². The van der Waals surface area contributed by atoms with Crippen LogP contribution in [0.4, 0.5) is 0 Å². The highest BCUT2D eigenvalue weighted by Crippen LogP contribution is 2.01. The topological polar surface area (TPSA) is 55.8 Å². The van der Waals surface area contributed by atoms with E-state index in [0.717, 1.165) is 0 Å². The average molecular weight is 215 g/mol. The van der Waals surface area contributed by atoms with Crippen LogP contribution >= 0.6 is 0 Å². The minimum absolute atomic E-state index is 0.00375. The van der Waals surface area contributed by atoms with Crippen molar-refractivity contribution in [2.45, 2.75) is 6.92 Å². The first-order valence-corrected chi connectivity index (χ1v) is 4.60. The fourth-order valence-electron chi connectivity index (χ4n) is 0.879. The summed E-state index contributed by atoms with van der Waals surface area (Å²) in [7, 11) is 4.67. The minimum Gasteiger partial charge on any atom is -0.465 e. The monoisotopic (exact) mass is 215 g/mol. The third-order valence-corrected chi connectivity index (χ3v) is 1.53. The number of hydrogen-bond acceptors (Lipinski definition) is 5. The summed E-state index contributed by atoms with van der Waals surface area (Å²) in [6.07, 6.45) is 1.42. The van der Waals surface area contributed by atoms with Crippen molar-refractivity contribution in [3.05, 3.63) is 11.8 Å². The Morgan fingerprint density at radius 2 is 1.93 bits per heavy atom. The number of nitrogens with zero attached hydrogens (tertiary/aromatic N) is 1. The first kappa shape index (κ1) is 13.6. The van der Waals surface area contributed by atoms with E-state index in [1.165, 1.54) is 13.3 Å². The van der Waals surface area contributed by atoms with Crippen molar-refractivity contribution in [3.63, 3.8) is 0 Å². The van der Waals surface area contributed by atoms with Gasteiger partial charge in [-0.2, -0.15) is 0 Å². The van der Waals surface area contributed by atoms with Crippen LogP contribution in [0.5, 0.6) is 0 Å². The van der Waals surface area contributed by atoms with E-state index in [-0.39, 0.29) is 18.0 Å². The lowest BCUT2D eigenvalue weighted by molar-refractivity contribution is -0.138. The minimum atomic E-state index is -0.645. The van der Waals surface area contributed by atoms with E-state index in [2.05, 4.69) is 4.74 Å². The standard InChI is InChI=1S/C10H17NO4/c1-5-15-7-9(12)8(6-11(2)3)10(13)14-4/h6H,5,7H2,1-4H3/b8-6-. The molecule has 86 valence electrons. The number of carbonyl (C=O) groups is 2. The molecule has 0 N–H and O–H groups in total. The third kappa shape index (κ3) is 5.17. The molecule has 0 aromatic heterocycles. The predicted octanol–water partition coefficient (Wildman–Crippen LogP) is 0.210. The van der Waals surface area contributed by atoms with Gasteiger partial charge in [0, 0.05) is 26.9 Å². The quantitative estimate of drug-likeness (QED) is 0.274. The SMILES string of the molecule is CCOCC(=O)/C(=C/N(C)C)C(=O)OC. The van der Waals surface area contributed by atoms with E-state index < -0.39 is 5.97 Å². The maximum Gasteiger partial charge on any atom is 0.343 e. The molecule has 0 aliphatic heterocycles. The molecule has 0 amide bonds. The summed E-state index contributed by atoms with van der Waals surface area (Å²) in [6, 6.07) is 0. The first-order chi connectivity index (χ1) is 7.02. The van der Waals surface area contributed by atoms with Gasteiger partial charge >= 0.3 is 5.97 Å². The summed E-state index contributed by atoms with van der Waals surface area (Å²) in [5.74, 6) is -1.02. The van der Waals surface area contributed by atoms with Crippen LogP contribution in [-0.2, 0) is 19.1 Å². The Labute approximate surface area is 89.6 Å². The maximum absolute atomic E-state index is 11.5. The largest absolute Gasteiger partial charge is 0.465 e. The smallest absolute Gasteiger partial charge is 0.343 e. The van der Waals surface area contributed by atoms with E-state index >= 15 is 0 Å². The molecular formula is C10H17NO4. The summed E-state index contributed by atoms with van der Waals surface area (Å²) in [5.41, 5.74) is -0.00375. The van der Waals surface area contributed by atoms with Gasteiger partial charge < -0.3 is 14.4 Å². The highest BCUT2D eigenvalue weighted by atomic mass is 16.5. The Morgan fingerprint density at radius 1 is 1.33 bits per heavy atom. The summed E-state index contributed by atoms with van der Waals surface area (Å²) >= 11 is 0. The summed E-state index contributed by atoms with van der Waals surface area (Å²) in [4.78, 5) is 24.4. The molecule has 0 spiro atoms. The van der Waals surface area contributed by atoms with E-state index in [1.807, 2.05) is 0 Å². The molecule has 0 aromatic carbocycles. The van der Waals surface area contributed by atoms with Crippen LogP contribution in [0.2, 0.25) is 0 Å². The van der Waals surface area contributed by atoms with Gasteiger partial charge in [0.2, 0.25) is 0 Å². The Morgan fingerprint density at radius 3 is 2.33 bits per heavy atom. The van der Waals surface area contributed by atoms with Crippen LogP contribution in [0.1, 0.15) is 6.92 Å². The van der Waals surface area contributed by atoms with E-state index in [4.69, 9.17) is 4.74 Å². The van der Waals surface area contributed by atoms with E-state index in [1.54, 1.807) is 25.9 Å². The molecule has 0 unspecified atom stereocenters. The zero-order valence-corrected chi connectivity index (χ0v) is 9.57. The number of carbonyl (C=O) groups excluding carboxylic acids is 2. The molecule has 0 fully saturated rings. The zero-order valence-electron chi connectivity index (χ0n) is 9.57. The van der Waals surface area contributed by atoms with Crippen molar-refractivity contribution in [1.82, 2.24) is 4.90 Å². The molecule has 0 saturated heterocycles. The molecule has 0 aromatic rings. The van der Waals surface area contributed by atoms with Gasteiger partial charge in [-0.1, -0.05) is 0 Å². The highest BCUT2D eigenvalue weighted by molar-refractivity contribution is 6.17. The van der Waals surface area contributed by atoms with Crippen LogP contribution in [0.3, 0.4) is 0 Å².